The molecule has 5 heteroatoms. The van der Waals surface area contributed by atoms with Crippen molar-refractivity contribution in [3.8, 4) is 11.5 Å². The van der Waals surface area contributed by atoms with Crippen molar-refractivity contribution in [2.45, 2.75) is 25.9 Å². The topological polar surface area (TPSA) is 52.5 Å². The number of aromatic nitrogens is 1. The number of hydrogen-bond donors (Lipinski definition) is 1. The molecule has 1 aromatic heterocycles. The van der Waals surface area contributed by atoms with Crippen LogP contribution in [-0.4, -0.2) is 17.3 Å². The third-order valence-electron chi connectivity index (χ3n) is 4.75. The highest BCUT2D eigenvalue weighted by Gasteiger charge is 2.18. The van der Waals surface area contributed by atoms with Crippen molar-refractivity contribution < 1.29 is 14.3 Å². The number of carbonyl (C=O) groups is 1. The van der Waals surface area contributed by atoms with Crippen LogP contribution in [0.2, 0.25) is 0 Å². The molecule has 27 heavy (non-hydrogen) atoms. The molecule has 0 aliphatic carbocycles. The van der Waals surface area contributed by atoms with E-state index >= 15 is 0 Å². The Bertz CT molecular complexity index is 917. The summed E-state index contributed by atoms with van der Waals surface area (Å²) < 4.78 is 12.8. The van der Waals surface area contributed by atoms with E-state index in [2.05, 4.69) is 41.1 Å². The predicted octanol–water partition coefficient (Wildman–Crippen LogP) is 3.82. The van der Waals surface area contributed by atoms with Crippen LogP contribution in [0.25, 0.3) is 0 Å². The van der Waals surface area contributed by atoms with E-state index in [-0.39, 0.29) is 18.7 Å². The van der Waals surface area contributed by atoms with Gasteiger partial charge in [-0.1, -0.05) is 35.9 Å². The first kappa shape index (κ1) is 17.2. The van der Waals surface area contributed by atoms with E-state index in [0.29, 0.717) is 13.0 Å². The Hall–Kier alpha value is -3.21. The molecule has 5 nitrogen and oxygen atoms in total. The van der Waals surface area contributed by atoms with Crippen LogP contribution < -0.4 is 14.8 Å². The number of hydrogen-bond acceptors (Lipinski definition) is 3. The molecule has 3 aromatic rings. The van der Waals surface area contributed by atoms with Crippen molar-refractivity contribution in [1.29, 1.82) is 0 Å². The van der Waals surface area contributed by atoms with E-state index in [0.717, 1.165) is 22.6 Å². The fourth-order valence-corrected chi connectivity index (χ4v) is 3.24. The maximum Gasteiger partial charge on any atom is 0.231 e. The van der Waals surface area contributed by atoms with Gasteiger partial charge in [0, 0.05) is 18.9 Å². The van der Waals surface area contributed by atoms with Crippen LogP contribution in [0.15, 0.2) is 67.0 Å². The van der Waals surface area contributed by atoms with E-state index in [1.54, 1.807) is 0 Å². The first-order chi connectivity index (χ1) is 13.2. The molecular weight excluding hydrogens is 340 g/mol. The highest BCUT2D eigenvalue weighted by Crippen LogP contribution is 2.32. The summed E-state index contributed by atoms with van der Waals surface area (Å²) >= 11 is 0. The lowest BCUT2D eigenvalue weighted by atomic mass is 10.0. The summed E-state index contributed by atoms with van der Waals surface area (Å²) in [5, 5.41) is 3.02. The molecule has 2 heterocycles. The lowest BCUT2D eigenvalue weighted by molar-refractivity contribution is -0.121. The van der Waals surface area contributed by atoms with Crippen molar-refractivity contribution in [3.63, 3.8) is 0 Å². The average Bonchev–Trinajstić information content (AvgIpc) is 3.36. The third kappa shape index (κ3) is 3.97. The van der Waals surface area contributed by atoms with Crippen LogP contribution in [-0.2, 0) is 11.3 Å². The molecule has 1 atom stereocenters. The molecule has 0 fully saturated rings. The lowest BCUT2D eigenvalue weighted by Gasteiger charge is -2.19. The van der Waals surface area contributed by atoms with Crippen LogP contribution in [0.1, 0.15) is 29.2 Å². The van der Waals surface area contributed by atoms with Crippen molar-refractivity contribution in [2.75, 3.05) is 6.79 Å². The van der Waals surface area contributed by atoms with Gasteiger partial charge in [-0.05, 0) is 42.3 Å². The zero-order valence-electron chi connectivity index (χ0n) is 15.2. The van der Waals surface area contributed by atoms with Crippen LogP contribution in [0.5, 0.6) is 11.5 Å². The molecule has 1 unspecified atom stereocenters. The van der Waals surface area contributed by atoms with Crippen molar-refractivity contribution >= 4 is 5.91 Å². The van der Waals surface area contributed by atoms with Crippen LogP contribution >= 0.6 is 0 Å². The zero-order valence-corrected chi connectivity index (χ0v) is 15.2. The number of amides is 1. The molecule has 0 saturated heterocycles. The molecule has 2 aromatic carbocycles. The Morgan fingerprint density at radius 1 is 1.07 bits per heavy atom. The lowest BCUT2D eigenvalue weighted by Crippen LogP contribution is -2.26. The maximum atomic E-state index is 12.6. The summed E-state index contributed by atoms with van der Waals surface area (Å²) in [6.07, 6.45) is 4.37. The Labute approximate surface area is 158 Å². The van der Waals surface area contributed by atoms with E-state index in [9.17, 15) is 4.79 Å². The van der Waals surface area contributed by atoms with Gasteiger partial charge in [-0.2, -0.15) is 0 Å². The molecule has 1 aliphatic rings. The molecule has 1 N–H and O–H groups in total. The Kier molecular flexibility index (Phi) is 4.83. The summed E-state index contributed by atoms with van der Waals surface area (Å²) in [6, 6.07) is 18.0. The van der Waals surface area contributed by atoms with Crippen molar-refractivity contribution in [1.82, 2.24) is 9.88 Å². The quantitative estimate of drug-likeness (QED) is 0.725. The summed E-state index contributed by atoms with van der Waals surface area (Å²) in [5.74, 6) is 1.48. The number of nitrogens with one attached hydrogen (secondary N) is 1. The predicted molar refractivity (Wildman–Crippen MR) is 103 cm³/mol. The fraction of sp³-hybridized carbons (Fsp3) is 0.227. The monoisotopic (exact) mass is 362 g/mol. The summed E-state index contributed by atoms with van der Waals surface area (Å²) in [6.45, 7) is 2.77. The molecule has 0 bridgehead atoms. The molecule has 4 rings (SSSR count). The molecule has 0 radical (unpaired) electrons. The van der Waals surface area contributed by atoms with Gasteiger partial charge in [0.2, 0.25) is 12.7 Å². The molecular formula is C22H22N2O3. The smallest absolute Gasteiger partial charge is 0.231 e. The van der Waals surface area contributed by atoms with Gasteiger partial charge < -0.3 is 19.4 Å². The van der Waals surface area contributed by atoms with Crippen LogP contribution in [0.4, 0.5) is 0 Å². The van der Waals surface area contributed by atoms with Gasteiger partial charge in [-0.15, -0.1) is 0 Å². The number of fused-ring (bicyclic) bond motifs is 1. The van der Waals surface area contributed by atoms with E-state index in [4.69, 9.17) is 9.47 Å². The molecule has 0 spiro atoms. The summed E-state index contributed by atoms with van der Waals surface area (Å²) in [7, 11) is 0. The highest BCUT2D eigenvalue weighted by molar-refractivity contribution is 5.77. The molecule has 1 aliphatic heterocycles. The Balaban J connectivity index is 1.43. The fourth-order valence-electron chi connectivity index (χ4n) is 3.24. The Morgan fingerprint density at radius 2 is 1.81 bits per heavy atom. The maximum absolute atomic E-state index is 12.6. The molecule has 1 amide bonds. The van der Waals surface area contributed by atoms with Gasteiger partial charge in [-0.25, -0.2) is 0 Å². The molecule has 138 valence electrons. The standard InChI is InChI=1S/C22H22N2O3/c1-16-4-7-18(8-5-16)19(24-10-2-3-11-24)13-22(25)23-14-17-6-9-20-21(12-17)27-15-26-20/h2-12,19H,13-15H2,1H3,(H,23,25). The van der Waals surface area contributed by atoms with Gasteiger partial charge >= 0.3 is 0 Å². The van der Waals surface area contributed by atoms with Gasteiger partial charge in [0.05, 0.1) is 12.5 Å². The number of carbonyl (C=O) groups excluding carboxylic acids is 1. The first-order valence-corrected chi connectivity index (χ1v) is 9.03. The first-order valence-electron chi connectivity index (χ1n) is 9.03. The van der Waals surface area contributed by atoms with Gasteiger partial charge in [-0.3, -0.25) is 4.79 Å². The van der Waals surface area contributed by atoms with E-state index < -0.39 is 0 Å². The minimum atomic E-state index is -0.0302. The molecule has 0 saturated carbocycles. The minimum Gasteiger partial charge on any atom is -0.454 e. The van der Waals surface area contributed by atoms with Crippen molar-refractivity contribution in [3.05, 3.63) is 83.7 Å². The number of nitrogens with zero attached hydrogens (tertiary/aromatic N) is 1. The zero-order chi connectivity index (χ0) is 18.6. The second-order valence-corrected chi connectivity index (χ2v) is 6.73. The second kappa shape index (κ2) is 7.58. The number of ether oxygens (including phenoxy) is 2. The highest BCUT2D eigenvalue weighted by atomic mass is 16.7. The van der Waals surface area contributed by atoms with Crippen molar-refractivity contribution in [2.24, 2.45) is 0 Å². The SMILES string of the molecule is Cc1ccc(C(CC(=O)NCc2ccc3c(c2)OCO3)n2cccc2)cc1. The third-order valence-corrected chi connectivity index (χ3v) is 4.75. The second-order valence-electron chi connectivity index (χ2n) is 6.73. The largest absolute Gasteiger partial charge is 0.454 e. The summed E-state index contributed by atoms with van der Waals surface area (Å²) in [5.41, 5.74) is 3.31. The minimum absolute atomic E-state index is 0.00643. The van der Waals surface area contributed by atoms with Gasteiger partial charge in [0.25, 0.3) is 0 Å². The number of benzene rings is 2. The van der Waals surface area contributed by atoms with E-state index in [1.807, 2.05) is 42.7 Å². The van der Waals surface area contributed by atoms with Gasteiger partial charge in [0.1, 0.15) is 0 Å². The van der Waals surface area contributed by atoms with Crippen LogP contribution in [0, 0.1) is 6.92 Å². The number of aryl methyl sites for hydroxylation is 1. The van der Waals surface area contributed by atoms with Gasteiger partial charge in [0.15, 0.2) is 11.5 Å². The average molecular weight is 362 g/mol. The normalized spacial score (nSPS) is 13.4. The number of rotatable bonds is 6. The Morgan fingerprint density at radius 3 is 2.59 bits per heavy atom. The van der Waals surface area contributed by atoms with E-state index in [1.165, 1.54) is 5.56 Å². The van der Waals surface area contributed by atoms with Crippen LogP contribution in [0.3, 0.4) is 0 Å². The summed E-state index contributed by atoms with van der Waals surface area (Å²) in [4.78, 5) is 12.6.